The first-order chi connectivity index (χ1) is 8.63. The van der Waals surface area contributed by atoms with Crippen LogP contribution >= 0.6 is 0 Å². The normalized spacial score (nSPS) is 26.1. The Bertz CT molecular complexity index is 392. The Morgan fingerprint density at radius 2 is 2.11 bits per heavy atom. The topological polar surface area (TPSA) is 38.5 Å². The van der Waals surface area contributed by atoms with E-state index in [9.17, 15) is 0 Å². The van der Waals surface area contributed by atoms with Crippen LogP contribution in [-0.4, -0.2) is 26.3 Å². The number of hydrogen-bond donors (Lipinski definition) is 1. The molecule has 1 aliphatic rings. The fourth-order valence-electron chi connectivity index (χ4n) is 2.72. The molecule has 1 fully saturated rings. The molecule has 0 amide bonds. The summed E-state index contributed by atoms with van der Waals surface area (Å²) in [6.07, 6.45) is 1.49. The average molecular weight is 248 g/mol. The first-order valence-corrected chi connectivity index (χ1v) is 6.75. The van der Waals surface area contributed by atoms with Crippen molar-refractivity contribution in [3.63, 3.8) is 0 Å². The molecule has 0 aromatic heterocycles. The second-order valence-corrected chi connectivity index (χ2v) is 5.33. The van der Waals surface area contributed by atoms with Gasteiger partial charge in [0.1, 0.15) is 0 Å². The molecule has 1 aliphatic heterocycles. The Labute approximate surface area is 110 Å². The zero-order valence-corrected chi connectivity index (χ0v) is 11.6. The van der Waals surface area contributed by atoms with Gasteiger partial charge in [-0.25, -0.2) is 0 Å². The highest BCUT2D eigenvalue weighted by Crippen LogP contribution is 2.29. The van der Waals surface area contributed by atoms with Gasteiger partial charge in [0.2, 0.25) is 0 Å². The highest BCUT2D eigenvalue weighted by atomic mass is 16.5. The quantitative estimate of drug-likeness (QED) is 0.893. The fourth-order valence-corrected chi connectivity index (χ4v) is 2.72. The molecule has 2 N–H and O–H groups in total. The lowest BCUT2D eigenvalue weighted by Gasteiger charge is -2.38. The van der Waals surface area contributed by atoms with Gasteiger partial charge in [-0.05, 0) is 30.9 Å². The van der Waals surface area contributed by atoms with E-state index in [-0.39, 0.29) is 6.04 Å². The zero-order chi connectivity index (χ0) is 13.1. The van der Waals surface area contributed by atoms with Crippen LogP contribution in [-0.2, 0) is 4.74 Å². The third-order valence-electron chi connectivity index (χ3n) is 3.96. The van der Waals surface area contributed by atoms with E-state index in [1.54, 1.807) is 0 Å². The summed E-state index contributed by atoms with van der Waals surface area (Å²) in [5.74, 6) is 0.633. The predicted octanol–water partition coefficient (Wildman–Crippen LogP) is 2.57. The molecule has 0 radical (unpaired) electrons. The number of hydrogen-bond acceptors (Lipinski definition) is 3. The second kappa shape index (κ2) is 5.72. The maximum absolute atomic E-state index is 6.06. The van der Waals surface area contributed by atoms with Crippen LogP contribution in [0.1, 0.15) is 31.9 Å². The molecule has 18 heavy (non-hydrogen) atoms. The van der Waals surface area contributed by atoms with Crippen molar-refractivity contribution in [2.45, 2.75) is 32.4 Å². The Balaban J connectivity index is 2.21. The average Bonchev–Trinajstić information content (AvgIpc) is 2.39. The fraction of sp³-hybridized carbons (Fsp3) is 0.600. The van der Waals surface area contributed by atoms with Crippen molar-refractivity contribution in [1.82, 2.24) is 0 Å². The van der Waals surface area contributed by atoms with Crippen LogP contribution in [0.15, 0.2) is 24.3 Å². The van der Waals surface area contributed by atoms with Gasteiger partial charge in [0.25, 0.3) is 0 Å². The lowest BCUT2D eigenvalue weighted by atomic mass is 9.94. The number of anilines is 1. The molecule has 0 spiro atoms. The molecule has 0 bridgehead atoms. The molecular weight excluding hydrogens is 224 g/mol. The lowest BCUT2D eigenvalue weighted by molar-refractivity contribution is 0.0498. The molecule has 2 rings (SSSR count). The van der Waals surface area contributed by atoms with E-state index in [1.807, 2.05) is 14.0 Å². The molecule has 2 unspecified atom stereocenters. The monoisotopic (exact) mass is 248 g/mol. The number of piperidine rings is 1. The summed E-state index contributed by atoms with van der Waals surface area (Å²) in [7, 11) is 1.81. The van der Waals surface area contributed by atoms with Crippen LogP contribution in [0.4, 0.5) is 5.69 Å². The Morgan fingerprint density at radius 1 is 1.39 bits per heavy atom. The number of nitrogens with zero attached hydrogens (tertiary/aromatic N) is 1. The number of nitrogens with two attached hydrogens (primary N) is 1. The second-order valence-electron chi connectivity index (χ2n) is 5.33. The van der Waals surface area contributed by atoms with E-state index in [0.717, 1.165) is 13.1 Å². The van der Waals surface area contributed by atoms with Crippen LogP contribution in [0, 0.1) is 5.92 Å². The maximum Gasteiger partial charge on any atom is 0.0772 e. The third kappa shape index (κ3) is 2.68. The van der Waals surface area contributed by atoms with E-state index >= 15 is 0 Å². The van der Waals surface area contributed by atoms with E-state index in [0.29, 0.717) is 12.0 Å². The molecule has 1 aromatic carbocycles. The smallest absolute Gasteiger partial charge is 0.0772 e. The minimum Gasteiger partial charge on any atom is -0.379 e. The van der Waals surface area contributed by atoms with Gasteiger partial charge >= 0.3 is 0 Å². The Hall–Kier alpha value is -1.06. The minimum atomic E-state index is 0.0709. The number of ether oxygens (including phenoxy) is 1. The number of para-hydroxylation sites is 1. The third-order valence-corrected chi connectivity index (χ3v) is 3.96. The van der Waals surface area contributed by atoms with E-state index < -0.39 is 0 Å². The summed E-state index contributed by atoms with van der Waals surface area (Å²) in [4.78, 5) is 2.41. The Kier molecular flexibility index (Phi) is 4.25. The molecule has 1 heterocycles. The van der Waals surface area contributed by atoms with Crippen molar-refractivity contribution in [3.05, 3.63) is 29.8 Å². The number of rotatable bonds is 3. The predicted molar refractivity (Wildman–Crippen MR) is 75.8 cm³/mol. The number of benzene rings is 1. The highest BCUT2D eigenvalue weighted by Gasteiger charge is 2.27. The van der Waals surface area contributed by atoms with E-state index in [2.05, 4.69) is 36.1 Å². The first kappa shape index (κ1) is 13.4. The van der Waals surface area contributed by atoms with Gasteiger partial charge < -0.3 is 15.4 Å². The van der Waals surface area contributed by atoms with Gasteiger partial charge in [0, 0.05) is 31.9 Å². The van der Waals surface area contributed by atoms with Crippen LogP contribution in [0.25, 0.3) is 0 Å². The summed E-state index contributed by atoms with van der Waals surface area (Å²) >= 11 is 0. The van der Waals surface area contributed by atoms with E-state index in [4.69, 9.17) is 10.5 Å². The van der Waals surface area contributed by atoms with Crippen molar-refractivity contribution < 1.29 is 4.74 Å². The summed E-state index contributed by atoms with van der Waals surface area (Å²) in [6, 6.07) is 8.51. The van der Waals surface area contributed by atoms with Crippen LogP contribution in [0.5, 0.6) is 0 Å². The molecule has 100 valence electrons. The van der Waals surface area contributed by atoms with Crippen molar-refractivity contribution in [2.24, 2.45) is 11.7 Å². The van der Waals surface area contributed by atoms with Gasteiger partial charge in [0.15, 0.2) is 0 Å². The zero-order valence-electron chi connectivity index (χ0n) is 11.6. The molecule has 3 nitrogen and oxygen atoms in total. The first-order valence-electron chi connectivity index (χ1n) is 6.75. The molecule has 1 saturated heterocycles. The molecule has 3 atom stereocenters. The molecule has 0 saturated carbocycles. The minimum absolute atomic E-state index is 0.0709. The van der Waals surface area contributed by atoms with Gasteiger partial charge in [-0.2, -0.15) is 0 Å². The molecule has 1 aromatic rings. The van der Waals surface area contributed by atoms with Crippen LogP contribution in [0.2, 0.25) is 0 Å². The summed E-state index contributed by atoms with van der Waals surface area (Å²) in [5, 5.41) is 0. The number of methoxy groups -OCH3 is 1. The molecule has 3 heteroatoms. The largest absolute Gasteiger partial charge is 0.379 e. The van der Waals surface area contributed by atoms with Gasteiger partial charge in [-0.15, -0.1) is 0 Å². The van der Waals surface area contributed by atoms with E-state index in [1.165, 1.54) is 17.7 Å². The van der Waals surface area contributed by atoms with Gasteiger partial charge in [0.05, 0.1) is 6.10 Å². The summed E-state index contributed by atoms with van der Waals surface area (Å²) in [6.45, 7) is 6.36. The van der Waals surface area contributed by atoms with Crippen molar-refractivity contribution in [3.8, 4) is 0 Å². The summed E-state index contributed by atoms with van der Waals surface area (Å²) < 4.78 is 5.58. The lowest BCUT2D eigenvalue weighted by Crippen LogP contribution is -2.44. The van der Waals surface area contributed by atoms with Crippen molar-refractivity contribution in [1.29, 1.82) is 0 Å². The van der Waals surface area contributed by atoms with Crippen molar-refractivity contribution in [2.75, 3.05) is 25.1 Å². The van der Waals surface area contributed by atoms with Gasteiger partial charge in [-0.1, -0.05) is 25.1 Å². The maximum atomic E-state index is 6.06. The van der Waals surface area contributed by atoms with Crippen LogP contribution in [0.3, 0.4) is 0 Å². The molecular formula is C15H24N2O. The standard InChI is InChI=1S/C15H24N2O/c1-11-8-9-17(10-15(11)18-3)14-7-5-4-6-13(14)12(2)16/h4-7,11-12,15H,8-10,16H2,1-3H3/t11?,12-,15?/m0/s1. The highest BCUT2D eigenvalue weighted by molar-refractivity contribution is 5.55. The van der Waals surface area contributed by atoms with Gasteiger partial charge in [-0.3, -0.25) is 0 Å². The SMILES string of the molecule is COC1CN(c2ccccc2[C@H](C)N)CCC1C. The molecule has 0 aliphatic carbocycles. The summed E-state index contributed by atoms with van der Waals surface area (Å²) in [5.41, 5.74) is 8.55. The van der Waals surface area contributed by atoms with Crippen molar-refractivity contribution >= 4 is 5.69 Å². The van der Waals surface area contributed by atoms with Crippen LogP contribution < -0.4 is 10.6 Å². The Morgan fingerprint density at radius 3 is 2.78 bits per heavy atom.